The molecule has 17 heavy (non-hydrogen) atoms. The van der Waals surface area contributed by atoms with Gasteiger partial charge in [0, 0.05) is 37.2 Å². The predicted octanol–water partition coefficient (Wildman–Crippen LogP) is 1.88. The van der Waals surface area contributed by atoms with Crippen LogP contribution in [0.2, 0.25) is 0 Å². The Bertz CT molecular complexity index is 232. The third kappa shape index (κ3) is 3.94. The average Bonchev–Trinajstić information content (AvgIpc) is 3.11. The summed E-state index contributed by atoms with van der Waals surface area (Å²) in [6.07, 6.45) is 5.32. The second-order valence-corrected chi connectivity index (χ2v) is 6.34. The highest BCUT2D eigenvalue weighted by atomic mass is 16.5. The van der Waals surface area contributed by atoms with E-state index in [-0.39, 0.29) is 0 Å². The van der Waals surface area contributed by atoms with E-state index in [1.54, 1.807) is 0 Å². The molecule has 1 aliphatic heterocycles. The highest BCUT2D eigenvalue weighted by Crippen LogP contribution is 2.33. The van der Waals surface area contributed by atoms with Crippen LogP contribution < -0.4 is 5.32 Å². The second-order valence-electron chi connectivity index (χ2n) is 6.34. The summed E-state index contributed by atoms with van der Waals surface area (Å²) in [6.45, 7) is 8.63. The summed E-state index contributed by atoms with van der Waals surface area (Å²) in [5, 5.41) is 3.61. The standard InChI is InChI=1S/C14H28N2O/c1-12(2)15-9-14(7-4-8-17-11-14)10-16(3)13-5-6-13/h12-13,15H,4-11H2,1-3H3. The van der Waals surface area contributed by atoms with E-state index in [0.717, 1.165) is 25.8 Å². The monoisotopic (exact) mass is 240 g/mol. The van der Waals surface area contributed by atoms with Crippen molar-refractivity contribution in [2.24, 2.45) is 5.41 Å². The molecule has 0 bridgehead atoms. The normalized spacial score (nSPS) is 30.2. The Balaban J connectivity index is 1.89. The molecule has 0 radical (unpaired) electrons. The van der Waals surface area contributed by atoms with Crippen molar-refractivity contribution in [1.29, 1.82) is 0 Å². The van der Waals surface area contributed by atoms with Gasteiger partial charge in [0.25, 0.3) is 0 Å². The maximum atomic E-state index is 5.75. The molecule has 1 saturated heterocycles. The van der Waals surface area contributed by atoms with Crippen LogP contribution in [0, 0.1) is 5.41 Å². The molecule has 3 heteroatoms. The molecule has 100 valence electrons. The molecule has 0 amide bonds. The van der Waals surface area contributed by atoms with Gasteiger partial charge in [-0.2, -0.15) is 0 Å². The molecule has 2 rings (SSSR count). The van der Waals surface area contributed by atoms with Crippen LogP contribution in [0.3, 0.4) is 0 Å². The van der Waals surface area contributed by atoms with E-state index in [2.05, 4.69) is 31.1 Å². The first kappa shape index (κ1) is 13.3. The lowest BCUT2D eigenvalue weighted by Gasteiger charge is -2.40. The van der Waals surface area contributed by atoms with Crippen molar-refractivity contribution in [3.63, 3.8) is 0 Å². The largest absolute Gasteiger partial charge is 0.381 e. The molecule has 3 nitrogen and oxygen atoms in total. The fraction of sp³-hybridized carbons (Fsp3) is 1.00. The van der Waals surface area contributed by atoms with E-state index >= 15 is 0 Å². The molecular weight excluding hydrogens is 212 g/mol. The molecule has 1 unspecified atom stereocenters. The minimum Gasteiger partial charge on any atom is -0.381 e. The van der Waals surface area contributed by atoms with Crippen LogP contribution in [-0.4, -0.2) is 50.3 Å². The molecule has 2 aliphatic rings. The Labute approximate surface area is 106 Å². The lowest BCUT2D eigenvalue weighted by Crippen LogP contribution is -2.49. The van der Waals surface area contributed by atoms with Gasteiger partial charge in [0.15, 0.2) is 0 Å². The quantitative estimate of drug-likeness (QED) is 0.767. The first-order valence-corrected chi connectivity index (χ1v) is 7.13. The zero-order chi connectivity index (χ0) is 12.3. The summed E-state index contributed by atoms with van der Waals surface area (Å²) >= 11 is 0. The number of hydrogen-bond acceptors (Lipinski definition) is 3. The molecular formula is C14H28N2O. The lowest BCUT2D eigenvalue weighted by molar-refractivity contribution is -0.0245. The molecule has 1 heterocycles. The van der Waals surface area contributed by atoms with Crippen molar-refractivity contribution >= 4 is 0 Å². The number of rotatable bonds is 6. The van der Waals surface area contributed by atoms with Crippen LogP contribution in [0.15, 0.2) is 0 Å². The smallest absolute Gasteiger partial charge is 0.0546 e. The summed E-state index contributed by atoms with van der Waals surface area (Å²) in [4.78, 5) is 2.55. The van der Waals surface area contributed by atoms with Gasteiger partial charge < -0.3 is 15.0 Å². The van der Waals surface area contributed by atoms with Crippen LogP contribution in [0.4, 0.5) is 0 Å². The highest BCUT2D eigenvalue weighted by Gasteiger charge is 2.37. The Hall–Kier alpha value is -0.120. The van der Waals surface area contributed by atoms with Gasteiger partial charge in [-0.15, -0.1) is 0 Å². The Morgan fingerprint density at radius 3 is 2.71 bits per heavy atom. The van der Waals surface area contributed by atoms with Gasteiger partial charge in [0.05, 0.1) is 6.61 Å². The van der Waals surface area contributed by atoms with Crippen LogP contribution >= 0.6 is 0 Å². The minimum absolute atomic E-state index is 0.347. The van der Waals surface area contributed by atoms with E-state index < -0.39 is 0 Å². The molecule has 0 spiro atoms. The second kappa shape index (κ2) is 5.68. The van der Waals surface area contributed by atoms with Crippen LogP contribution in [0.25, 0.3) is 0 Å². The van der Waals surface area contributed by atoms with Crippen LogP contribution in [0.1, 0.15) is 39.5 Å². The molecule has 1 N–H and O–H groups in total. The first-order valence-electron chi connectivity index (χ1n) is 7.13. The van der Waals surface area contributed by atoms with Gasteiger partial charge >= 0.3 is 0 Å². The van der Waals surface area contributed by atoms with Gasteiger partial charge in [-0.05, 0) is 32.7 Å². The number of nitrogens with zero attached hydrogens (tertiary/aromatic N) is 1. The van der Waals surface area contributed by atoms with Gasteiger partial charge in [0.1, 0.15) is 0 Å². The summed E-state index contributed by atoms with van der Waals surface area (Å²) in [6, 6.07) is 1.42. The van der Waals surface area contributed by atoms with Crippen molar-refractivity contribution < 1.29 is 4.74 Å². The molecule has 2 fully saturated rings. The zero-order valence-corrected chi connectivity index (χ0v) is 11.7. The molecule has 0 aromatic heterocycles. The van der Waals surface area contributed by atoms with Gasteiger partial charge in [-0.1, -0.05) is 13.8 Å². The van der Waals surface area contributed by atoms with E-state index in [1.165, 1.54) is 32.2 Å². The highest BCUT2D eigenvalue weighted by molar-refractivity contribution is 4.91. The van der Waals surface area contributed by atoms with E-state index in [9.17, 15) is 0 Å². The zero-order valence-electron chi connectivity index (χ0n) is 11.7. The van der Waals surface area contributed by atoms with Crippen molar-refractivity contribution in [2.45, 2.75) is 51.6 Å². The molecule has 1 saturated carbocycles. The fourth-order valence-corrected chi connectivity index (χ4v) is 2.82. The minimum atomic E-state index is 0.347. The Morgan fingerprint density at radius 2 is 2.18 bits per heavy atom. The summed E-state index contributed by atoms with van der Waals surface area (Å²) in [5.74, 6) is 0. The lowest BCUT2D eigenvalue weighted by atomic mass is 9.81. The van der Waals surface area contributed by atoms with E-state index in [1.807, 2.05) is 0 Å². The Morgan fingerprint density at radius 1 is 1.41 bits per heavy atom. The molecule has 1 atom stereocenters. The topological polar surface area (TPSA) is 24.5 Å². The maximum Gasteiger partial charge on any atom is 0.0546 e. The van der Waals surface area contributed by atoms with Gasteiger partial charge in [-0.3, -0.25) is 0 Å². The summed E-state index contributed by atoms with van der Waals surface area (Å²) in [7, 11) is 2.28. The van der Waals surface area contributed by atoms with Crippen LogP contribution in [-0.2, 0) is 4.74 Å². The SMILES string of the molecule is CC(C)NCC1(CN(C)C2CC2)CCCOC1. The number of nitrogens with one attached hydrogen (secondary N) is 1. The molecule has 0 aromatic carbocycles. The number of hydrogen-bond donors (Lipinski definition) is 1. The first-order chi connectivity index (χ1) is 8.11. The predicted molar refractivity (Wildman–Crippen MR) is 71.3 cm³/mol. The summed E-state index contributed by atoms with van der Waals surface area (Å²) < 4.78 is 5.75. The number of ether oxygens (including phenoxy) is 1. The Kier molecular flexibility index (Phi) is 4.45. The van der Waals surface area contributed by atoms with Crippen molar-refractivity contribution in [3.05, 3.63) is 0 Å². The van der Waals surface area contributed by atoms with Crippen molar-refractivity contribution in [1.82, 2.24) is 10.2 Å². The summed E-state index contributed by atoms with van der Waals surface area (Å²) in [5.41, 5.74) is 0.347. The molecule has 0 aromatic rings. The third-order valence-electron chi connectivity index (χ3n) is 4.04. The van der Waals surface area contributed by atoms with Gasteiger partial charge in [-0.25, -0.2) is 0 Å². The molecule has 1 aliphatic carbocycles. The van der Waals surface area contributed by atoms with Crippen LogP contribution in [0.5, 0.6) is 0 Å². The maximum absolute atomic E-state index is 5.75. The van der Waals surface area contributed by atoms with E-state index in [0.29, 0.717) is 11.5 Å². The van der Waals surface area contributed by atoms with Crippen molar-refractivity contribution in [3.8, 4) is 0 Å². The average molecular weight is 240 g/mol. The fourth-order valence-electron chi connectivity index (χ4n) is 2.82. The van der Waals surface area contributed by atoms with E-state index in [4.69, 9.17) is 4.74 Å². The van der Waals surface area contributed by atoms with Crippen molar-refractivity contribution in [2.75, 3.05) is 33.4 Å². The third-order valence-corrected chi connectivity index (χ3v) is 4.04. The van der Waals surface area contributed by atoms with Gasteiger partial charge in [0.2, 0.25) is 0 Å².